The van der Waals surface area contributed by atoms with Crippen LogP contribution < -0.4 is 0 Å². The number of hydrogen-bond acceptors (Lipinski definition) is 7. The molecule has 5 fully saturated rings. The average Bonchev–Trinajstić information content (AvgIpc) is 3.38. The Labute approximate surface area is 329 Å². The molecule has 5 aliphatic heterocycles. The summed E-state index contributed by atoms with van der Waals surface area (Å²) in [6.45, 7) is 16.5. The van der Waals surface area contributed by atoms with Crippen molar-refractivity contribution in [1.82, 2.24) is 0 Å². The van der Waals surface area contributed by atoms with Crippen LogP contribution in [-0.4, -0.2) is 82.0 Å². The first-order chi connectivity index (χ1) is 25.7. The molecule has 13 atom stereocenters. The van der Waals surface area contributed by atoms with Crippen molar-refractivity contribution in [1.29, 1.82) is 0 Å². The van der Waals surface area contributed by atoms with Gasteiger partial charge in [-0.3, -0.25) is 0 Å². The summed E-state index contributed by atoms with van der Waals surface area (Å²) in [5, 5.41) is 24.0. The van der Waals surface area contributed by atoms with Crippen molar-refractivity contribution in [2.75, 3.05) is 0 Å². The van der Waals surface area contributed by atoms with Gasteiger partial charge in [-0.2, -0.15) is 0 Å². The molecule has 5 heterocycles. The van der Waals surface area contributed by atoms with Gasteiger partial charge in [-0.25, -0.2) is 0 Å². The lowest BCUT2D eigenvalue weighted by Gasteiger charge is -2.49. The van der Waals surface area contributed by atoms with Gasteiger partial charge in [0.2, 0.25) is 0 Å². The highest BCUT2D eigenvalue weighted by molar-refractivity contribution is 6.30. The number of ether oxygens (including phenoxy) is 5. The minimum Gasteiger partial charge on any atom is -0.390 e. The van der Waals surface area contributed by atoms with Gasteiger partial charge in [-0.1, -0.05) is 85.3 Å². The largest absolute Gasteiger partial charge is 0.390 e. The third kappa shape index (κ3) is 9.71. The van der Waals surface area contributed by atoms with E-state index in [-0.39, 0.29) is 42.7 Å². The summed E-state index contributed by atoms with van der Waals surface area (Å²) in [6, 6.07) is 7.83. The van der Waals surface area contributed by atoms with E-state index in [4.69, 9.17) is 35.3 Å². The fourth-order valence-electron chi connectivity index (χ4n) is 9.41. The Balaban J connectivity index is 1.07. The number of aliphatic hydroxyl groups is 2. The lowest BCUT2D eigenvalue weighted by molar-refractivity contribution is -0.273. The van der Waals surface area contributed by atoms with Gasteiger partial charge in [0, 0.05) is 17.9 Å². The molecule has 5 aliphatic rings. The Morgan fingerprint density at radius 1 is 0.870 bits per heavy atom. The smallest absolute Gasteiger partial charge is 0.111 e. The first-order valence-corrected chi connectivity index (χ1v) is 20.8. The van der Waals surface area contributed by atoms with Crippen LogP contribution in [-0.2, 0) is 23.7 Å². The molecule has 1 aromatic carbocycles. The molecule has 7 nitrogen and oxygen atoms in total. The van der Waals surface area contributed by atoms with Gasteiger partial charge in [-0.15, -0.1) is 0 Å². The Hall–Kier alpha value is -2.07. The van der Waals surface area contributed by atoms with Gasteiger partial charge < -0.3 is 33.9 Å². The Morgan fingerprint density at radius 2 is 1.57 bits per heavy atom. The molecule has 1 aromatic rings. The lowest BCUT2D eigenvalue weighted by atomic mass is 9.79. The van der Waals surface area contributed by atoms with Crippen LogP contribution in [0.25, 0.3) is 6.08 Å². The molecule has 298 valence electrons. The highest BCUT2D eigenvalue weighted by atomic mass is 35.5. The maximum atomic E-state index is 11.8. The van der Waals surface area contributed by atoms with Crippen molar-refractivity contribution in [2.24, 2.45) is 5.92 Å². The summed E-state index contributed by atoms with van der Waals surface area (Å²) >= 11 is 6.02. The molecule has 8 heteroatoms. The molecule has 6 rings (SSSR count). The van der Waals surface area contributed by atoms with Gasteiger partial charge in [0.1, 0.15) is 6.10 Å². The highest BCUT2D eigenvalue weighted by Crippen LogP contribution is 2.49. The van der Waals surface area contributed by atoms with Gasteiger partial charge in [0.15, 0.2) is 0 Å². The molecule has 13 unspecified atom stereocenters. The van der Waals surface area contributed by atoms with E-state index < -0.39 is 29.0 Å². The predicted molar refractivity (Wildman–Crippen MR) is 216 cm³/mol. The monoisotopic (exact) mass is 764 g/mol. The van der Waals surface area contributed by atoms with Gasteiger partial charge in [0.25, 0.3) is 0 Å². The fourth-order valence-corrected chi connectivity index (χ4v) is 9.53. The van der Waals surface area contributed by atoms with Gasteiger partial charge >= 0.3 is 0 Å². The van der Waals surface area contributed by atoms with Crippen LogP contribution in [0.1, 0.15) is 118 Å². The number of allylic oxidation sites excluding steroid dienone is 8. The normalized spacial score (nSPS) is 41.9. The molecule has 5 saturated heterocycles. The molecule has 0 aromatic heterocycles. The summed E-state index contributed by atoms with van der Waals surface area (Å²) in [7, 11) is 0. The zero-order valence-corrected chi connectivity index (χ0v) is 34.2. The number of benzene rings is 1. The highest BCUT2D eigenvalue weighted by Gasteiger charge is 2.58. The average molecular weight is 765 g/mol. The maximum Gasteiger partial charge on any atom is 0.111 e. The zero-order valence-electron chi connectivity index (χ0n) is 33.4. The van der Waals surface area contributed by atoms with Crippen LogP contribution in [0.5, 0.6) is 0 Å². The van der Waals surface area contributed by atoms with Gasteiger partial charge in [-0.05, 0) is 122 Å². The lowest BCUT2D eigenvalue weighted by Crippen LogP contribution is -2.59. The fraction of sp³-hybridized carbons (Fsp3) is 0.652. The van der Waals surface area contributed by atoms with Gasteiger partial charge in [0.05, 0.1) is 65.6 Å². The van der Waals surface area contributed by atoms with E-state index in [0.29, 0.717) is 25.2 Å². The quantitative estimate of drug-likeness (QED) is 0.230. The van der Waals surface area contributed by atoms with Crippen molar-refractivity contribution < 1.29 is 33.9 Å². The first-order valence-electron chi connectivity index (χ1n) is 20.5. The van der Waals surface area contributed by atoms with Crippen molar-refractivity contribution in [3.63, 3.8) is 0 Å². The third-order valence-corrected chi connectivity index (χ3v) is 13.3. The minimum atomic E-state index is -0.925. The van der Waals surface area contributed by atoms with Crippen molar-refractivity contribution in [3.05, 3.63) is 89.0 Å². The van der Waals surface area contributed by atoms with Crippen LogP contribution in [0, 0.1) is 5.92 Å². The van der Waals surface area contributed by atoms with Crippen molar-refractivity contribution in [3.8, 4) is 0 Å². The van der Waals surface area contributed by atoms with Crippen molar-refractivity contribution >= 4 is 17.7 Å². The Morgan fingerprint density at radius 3 is 2.33 bits per heavy atom. The van der Waals surface area contributed by atoms with E-state index in [2.05, 4.69) is 71.6 Å². The number of fused-ring (bicyclic) bond motifs is 4. The number of hydrogen-bond donors (Lipinski definition) is 2. The SMILES string of the molecule is C=C/C=C\CCC1OC2CCC3(C)OC4C(O)CC5(C)OC(CC/C=C(C)/C(C)=C/C=C/c6ccc(Cl)cc6)C(C)CC5OC4CC3OC2CCC1(C)O. The second-order valence-corrected chi connectivity index (χ2v) is 17.9. The van der Waals surface area contributed by atoms with Crippen LogP contribution in [0.15, 0.2) is 78.4 Å². The summed E-state index contributed by atoms with van der Waals surface area (Å²) in [5.74, 6) is 0.310. The van der Waals surface area contributed by atoms with Crippen LogP contribution in [0.2, 0.25) is 5.02 Å². The summed E-state index contributed by atoms with van der Waals surface area (Å²) in [4.78, 5) is 0. The summed E-state index contributed by atoms with van der Waals surface area (Å²) in [5.41, 5.74) is 1.48. The van der Waals surface area contributed by atoms with Crippen molar-refractivity contribution in [2.45, 2.75) is 184 Å². The van der Waals surface area contributed by atoms with E-state index in [1.807, 2.05) is 37.3 Å². The summed E-state index contributed by atoms with van der Waals surface area (Å²) in [6.07, 6.45) is 20.3. The molecule has 0 bridgehead atoms. The topological polar surface area (TPSA) is 86.6 Å². The number of aliphatic hydroxyl groups excluding tert-OH is 1. The molecule has 2 N–H and O–H groups in total. The Bertz CT molecular complexity index is 1550. The molecule has 0 spiro atoms. The molecule has 0 radical (unpaired) electrons. The second kappa shape index (κ2) is 17.6. The first kappa shape index (κ1) is 41.6. The van der Waals surface area contributed by atoms with Crippen LogP contribution >= 0.6 is 11.6 Å². The molecule has 0 aliphatic carbocycles. The van der Waals surface area contributed by atoms with E-state index in [0.717, 1.165) is 62.0 Å². The molecule has 0 amide bonds. The number of halogens is 1. The maximum absolute atomic E-state index is 11.8. The second-order valence-electron chi connectivity index (χ2n) is 17.5. The molecule has 54 heavy (non-hydrogen) atoms. The van der Waals surface area contributed by atoms with E-state index in [1.165, 1.54) is 11.1 Å². The zero-order chi connectivity index (χ0) is 38.7. The van der Waals surface area contributed by atoms with E-state index in [9.17, 15) is 10.2 Å². The van der Waals surface area contributed by atoms with Crippen LogP contribution in [0.4, 0.5) is 0 Å². The molecular formula is C46H65ClO7. The number of rotatable bonds is 10. The predicted octanol–water partition coefficient (Wildman–Crippen LogP) is 9.64. The minimum absolute atomic E-state index is 0.0689. The van der Waals surface area contributed by atoms with E-state index >= 15 is 0 Å². The molecular weight excluding hydrogens is 700 g/mol. The standard InChI is InChI=1S/C46H65ClO7/c1-8-9-10-11-18-40-44(5,49)25-23-37-38(50-40)24-26-45(6)42(51-37)28-39-43(54-45)35(48)29-46(7)41(52-39)27-32(4)36(53-46)17-13-15-31(3)30(2)14-12-16-33-19-21-34(47)22-20-33/h8-10,12,14-16,19-22,32,35-43,48-49H,1,11,13,17-18,23-29H2,2-7H3/b10-9-,16-12+,30-14+,31-15+. The van der Waals surface area contributed by atoms with E-state index in [1.54, 1.807) is 6.08 Å². The molecule has 0 saturated carbocycles. The summed E-state index contributed by atoms with van der Waals surface area (Å²) < 4.78 is 34.5. The Kier molecular flexibility index (Phi) is 13.5. The third-order valence-electron chi connectivity index (χ3n) is 13.1. The van der Waals surface area contributed by atoms with Crippen LogP contribution in [0.3, 0.4) is 0 Å².